The van der Waals surface area contributed by atoms with Crippen molar-refractivity contribution in [3.8, 4) is 0 Å². The minimum absolute atomic E-state index is 0.0372. The summed E-state index contributed by atoms with van der Waals surface area (Å²) < 4.78 is 0.832. The molecular weight excluding hydrogens is 206 g/mol. The zero-order chi connectivity index (χ0) is 9.68. The van der Waals surface area contributed by atoms with Gasteiger partial charge >= 0.3 is 0 Å². The SMILES string of the molecule is CC(C)NC(=O)CSc1nncs1. The fraction of sp³-hybridized carbons (Fsp3) is 0.571. The highest BCUT2D eigenvalue weighted by atomic mass is 32.2. The van der Waals surface area contributed by atoms with Crippen molar-refractivity contribution in [1.29, 1.82) is 0 Å². The summed E-state index contributed by atoms with van der Waals surface area (Å²) in [6.07, 6.45) is 0. The molecule has 0 aliphatic carbocycles. The number of amides is 1. The normalized spacial score (nSPS) is 10.4. The third-order valence-corrected chi connectivity index (χ3v) is 2.98. The Morgan fingerprint density at radius 2 is 2.54 bits per heavy atom. The van der Waals surface area contributed by atoms with E-state index >= 15 is 0 Å². The molecule has 1 N–H and O–H groups in total. The quantitative estimate of drug-likeness (QED) is 0.769. The van der Waals surface area contributed by atoms with E-state index < -0.39 is 0 Å². The molecule has 1 heterocycles. The van der Waals surface area contributed by atoms with Gasteiger partial charge in [0, 0.05) is 6.04 Å². The van der Waals surface area contributed by atoms with Crippen molar-refractivity contribution in [3.05, 3.63) is 5.51 Å². The summed E-state index contributed by atoms with van der Waals surface area (Å²) >= 11 is 2.85. The van der Waals surface area contributed by atoms with Crippen LogP contribution in [0.1, 0.15) is 13.8 Å². The van der Waals surface area contributed by atoms with Crippen LogP contribution in [0.15, 0.2) is 9.85 Å². The van der Waals surface area contributed by atoms with Gasteiger partial charge in [-0.05, 0) is 13.8 Å². The van der Waals surface area contributed by atoms with E-state index in [4.69, 9.17) is 0 Å². The molecule has 13 heavy (non-hydrogen) atoms. The highest BCUT2D eigenvalue weighted by Gasteiger charge is 2.05. The Morgan fingerprint density at radius 3 is 3.08 bits per heavy atom. The maximum atomic E-state index is 11.2. The fourth-order valence-electron chi connectivity index (χ4n) is 0.717. The summed E-state index contributed by atoms with van der Waals surface area (Å²) in [4.78, 5) is 11.2. The summed E-state index contributed by atoms with van der Waals surface area (Å²) in [5.74, 6) is 0.447. The van der Waals surface area contributed by atoms with Crippen LogP contribution >= 0.6 is 23.1 Å². The van der Waals surface area contributed by atoms with Crippen molar-refractivity contribution in [2.24, 2.45) is 0 Å². The Morgan fingerprint density at radius 1 is 1.77 bits per heavy atom. The molecule has 0 spiro atoms. The molecule has 0 radical (unpaired) electrons. The number of carbonyl (C=O) groups excluding carboxylic acids is 1. The predicted octanol–water partition coefficient (Wildman–Crippen LogP) is 1.15. The third-order valence-electron chi connectivity index (χ3n) is 1.12. The van der Waals surface area contributed by atoms with Gasteiger partial charge in [0.25, 0.3) is 0 Å². The van der Waals surface area contributed by atoms with E-state index in [-0.39, 0.29) is 11.9 Å². The third kappa shape index (κ3) is 4.23. The predicted molar refractivity (Wildman–Crippen MR) is 53.9 cm³/mol. The molecule has 0 fully saturated rings. The molecule has 0 aliphatic heterocycles. The Hall–Kier alpha value is -0.620. The number of carbonyl (C=O) groups is 1. The van der Waals surface area contributed by atoms with Gasteiger partial charge < -0.3 is 5.32 Å². The molecule has 0 bridgehead atoms. The molecule has 1 aromatic heterocycles. The van der Waals surface area contributed by atoms with E-state index in [1.807, 2.05) is 13.8 Å². The lowest BCUT2D eigenvalue weighted by Crippen LogP contribution is -2.31. The zero-order valence-electron chi connectivity index (χ0n) is 7.48. The van der Waals surface area contributed by atoms with Crippen LogP contribution in [0.2, 0.25) is 0 Å². The molecule has 1 aromatic rings. The lowest BCUT2D eigenvalue weighted by molar-refractivity contribution is -0.119. The van der Waals surface area contributed by atoms with Crippen molar-refractivity contribution in [3.63, 3.8) is 0 Å². The van der Waals surface area contributed by atoms with E-state index in [0.29, 0.717) is 5.75 Å². The topological polar surface area (TPSA) is 54.9 Å². The standard InChI is InChI=1S/C7H11N3OS2/c1-5(2)9-6(11)3-12-7-10-8-4-13-7/h4-5H,3H2,1-2H3,(H,9,11). The molecule has 6 heteroatoms. The first kappa shape index (κ1) is 10.5. The van der Waals surface area contributed by atoms with Crippen molar-refractivity contribution in [2.75, 3.05) is 5.75 Å². The minimum Gasteiger partial charge on any atom is -0.353 e. The van der Waals surface area contributed by atoms with Crippen LogP contribution < -0.4 is 5.32 Å². The van der Waals surface area contributed by atoms with Gasteiger partial charge in [0.1, 0.15) is 5.51 Å². The molecule has 1 amide bonds. The van der Waals surface area contributed by atoms with Crippen molar-refractivity contribution in [2.45, 2.75) is 24.2 Å². The second-order valence-corrected chi connectivity index (χ2v) is 4.77. The first-order valence-electron chi connectivity index (χ1n) is 3.87. The molecule has 0 saturated carbocycles. The molecule has 0 atom stereocenters. The summed E-state index contributed by atoms with van der Waals surface area (Å²) in [7, 11) is 0. The van der Waals surface area contributed by atoms with Crippen molar-refractivity contribution >= 4 is 29.0 Å². The van der Waals surface area contributed by atoms with Gasteiger partial charge in [-0.2, -0.15) is 0 Å². The highest BCUT2D eigenvalue weighted by molar-refractivity contribution is 8.01. The largest absolute Gasteiger partial charge is 0.353 e. The number of hydrogen-bond donors (Lipinski definition) is 1. The lowest BCUT2D eigenvalue weighted by Gasteiger charge is -2.06. The number of nitrogens with zero attached hydrogens (tertiary/aromatic N) is 2. The van der Waals surface area contributed by atoms with Gasteiger partial charge in [-0.25, -0.2) is 0 Å². The molecule has 4 nitrogen and oxygen atoms in total. The van der Waals surface area contributed by atoms with E-state index in [2.05, 4.69) is 15.5 Å². The summed E-state index contributed by atoms with van der Waals surface area (Å²) in [6, 6.07) is 0.197. The minimum atomic E-state index is 0.0372. The number of thioether (sulfide) groups is 1. The Balaban J connectivity index is 2.23. The number of aromatic nitrogens is 2. The molecule has 0 unspecified atom stereocenters. The molecule has 0 aromatic carbocycles. The maximum absolute atomic E-state index is 11.2. The zero-order valence-corrected chi connectivity index (χ0v) is 9.11. The van der Waals surface area contributed by atoms with Crippen LogP contribution in [0.3, 0.4) is 0 Å². The van der Waals surface area contributed by atoms with Crippen LogP contribution in [-0.2, 0) is 4.79 Å². The van der Waals surface area contributed by atoms with Crippen LogP contribution in [0.4, 0.5) is 0 Å². The average Bonchev–Trinajstić information content (AvgIpc) is 2.51. The molecule has 72 valence electrons. The highest BCUT2D eigenvalue weighted by Crippen LogP contribution is 2.17. The number of nitrogens with one attached hydrogen (secondary N) is 1. The maximum Gasteiger partial charge on any atom is 0.230 e. The lowest BCUT2D eigenvalue weighted by atomic mass is 10.4. The Kier molecular flexibility index (Phi) is 4.17. The van der Waals surface area contributed by atoms with Gasteiger partial charge in [-0.1, -0.05) is 23.1 Å². The summed E-state index contributed by atoms with van der Waals surface area (Å²) in [5.41, 5.74) is 1.66. The number of hydrogen-bond acceptors (Lipinski definition) is 5. The van der Waals surface area contributed by atoms with E-state index in [9.17, 15) is 4.79 Å². The first-order chi connectivity index (χ1) is 6.18. The Labute approximate surface area is 85.1 Å². The second-order valence-electron chi connectivity index (χ2n) is 2.72. The fourth-order valence-corrected chi connectivity index (χ4v) is 2.02. The van der Waals surface area contributed by atoms with Gasteiger partial charge in [0.05, 0.1) is 5.75 Å². The molecule has 0 saturated heterocycles. The smallest absolute Gasteiger partial charge is 0.230 e. The molecule has 1 rings (SSSR count). The second kappa shape index (κ2) is 5.18. The van der Waals surface area contributed by atoms with E-state index in [0.717, 1.165) is 4.34 Å². The number of rotatable bonds is 4. The van der Waals surface area contributed by atoms with Crippen LogP contribution in [0, 0.1) is 0 Å². The van der Waals surface area contributed by atoms with Gasteiger partial charge in [-0.15, -0.1) is 10.2 Å². The van der Waals surface area contributed by atoms with E-state index in [1.54, 1.807) is 5.51 Å². The summed E-state index contributed by atoms with van der Waals surface area (Å²) in [6.45, 7) is 3.88. The molecule has 0 aliphatic rings. The Bertz CT molecular complexity index is 261. The summed E-state index contributed by atoms with van der Waals surface area (Å²) in [5, 5.41) is 10.3. The van der Waals surface area contributed by atoms with Gasteiger partial charge in [-0.3, -0.25) is 4.79 Å². The van der Waals surface area contributed by atoms with Crippen molar-refractivity contribution in [1.82, 2.24) is 15.5 Å². The monoisotopic (exact) mass is 217 g/mol. The van der Waals surface area contributed by atoms with Gasteiger partial charge in [0.2, 0.25) is 5.91 Å². The average molecular weight is 217 g/mol. The van der Waals surface area contributed by atoms with Gasteiger partial charge in [0.15, 0.2) is 4.34 Å². The first-order valence-corrected chi connectivity index (χ1v) is 5.73. The van der Waals surface area contributed by atoms with Crippen LogP contribution in [0.25, 0.3) is 0 Å². The van der Waals surface area contributed by atoms with Crippen LogP contribution in [-0.4, -0.2) is 27.9 Å². The van der Waals surface area contributed by atoms with Crippen LogP contribution in [0.5, 0.6) is 0 Å². The van der Waals surface area contributed by atoms with E-state index in [1.165, 1.54) is 23.1 Å². The van der Waals surface area contributed by atoms with Crippen molar-refractivity contribution < 1.29 is 4.79 Å². The molecular formula is C7H11N3OS2.